The molecular weight excluding hydrogens is 288 g/mol. The lowest BCUT2D eigenvalue weighted by Gasteiger charge is -2.10. The quantitative estimate of drug-likeness (QED) is 0.846. The zero-order chi connectivity index (χ0) is 17.4. The molecule has 0 unspecified atom stereocenters. The molecule has 3 N–H and O–H groups in total. The van der Waals surface area contributed by atoms with Gasteiger partial charge in [-0.05, 0) is 29.5 Å². The molecule has 0 aliphatic rings. The third-order valence-corrected chi connectivity index (χ3v) is 3.22. The topological polar surface area (TPSA) is 80.4 Å². The average molecular weight is 314 g/mol. The highest BCUT2D eigenvalue weighted by Crippen LogP contribution is 2.26. The summed E-state index contributed by atoms with van der Waals surface area (Å²) in [7, 11) is 1.70. The summed E-state index contributed by atoms with van der Waals surface area (Å²) in [6.07, 6.45) is 4.99. The number of carbonyl (C=O) groups excluding carboxylic acids is 1. The highest BCUT2D eigenvalue weighted by molar-refractivity contribution is 6.10. The number of aryl methyl sites for hydroxylation is 1. The SMILES string of the molecule is CC.CN=C/C(=C\N)c1ccc2cnc(NC(C)=O)c(C)c2c1.[HH]. The molecule has 1 amide bonds. The Balaban J connectivity index is 0.00000170. The summed E-state index contributed by atoms with van der Waals surface area (Å²) in [6.45, 7) is 7.40. The van der Waals surface area contributed by atoms with Crippen molar-refractivity contribution >= 4 is 34.3 Å². The summed E-state index contributed by atoms with van der Waals surface area (Å²) in [6, 6.07) is 5.98. The molecule has 5 heteroatoms. The second kappa shape index (κ2) is 8.68. The molecule has 0 saturated heterocycles. The van der Waals surface area contributed by atoms with Gasteiger partial charge >= 0.3 is 0 Å². The number of allylic oxidation sites excluding steroid dienone is 1. The summed E-state index contributed by atoms with van der Waals surface area (Å²) in [4.78, 5) is 19.5. The molecule has 2 aromatic rings. The van der Waals surface area contributed by atoms with Crippen LogP contribution < -0.4 is 11.1 Å². The molecule has 5 nitrogen and oxygen atoms in total. The van der Waals surface area contributed by atoms with Gasteiger partial charge in [0.15, 0.2) is 0 Å². The Morgan fingerprint density at radius 3 is 2.65 bits per heavy atom. The molecular formula is C18H26N4O. The summed E-state index contributed by atoms with van der Waals surface area (Å²) in [5.41, 5.74) is 8.39. The molecule has 23 heavy (non-hydrogen) atoms. The third-order valence-electron chi connectivity index (χ3n) is 3.22. The lowest BCUT2D eigenvalue weighted by Crippen LogP contribution is -2.09. The van der Waals surface area contributed by atoms with Gasteiger partial charge in [-0.15, -0.1) is 0 Å². The first-order valence-corrected chi connectivity index (χ1v) is 7.58. The predicted molar refractivity (Wildman–Crippen MR) is 101 cm³/mol. The number of aromatic nitrogens is 1. The van der Waals surface area contributed by atoms with E-state index < -0.39 is 0 Å². The standard InChI is InChI=1S/C16H18N4O.C2H6.H2/c1-10-15-6-12(14(7-17)8-18-3)4-5-13(15)9-19-16(10)20-11(2)21;1-2;/h4-9H,17H2,1-3H3,(H,19,20,21);1-2H3;1H/b14-7+,18-8?;;. The van der Waals surface area contributed by atoms with Crippen LogP contribution in [0.5, 0.6) is 0 Å². The van der Waals surface area contributed by atoms with Crippen molar-refractivity contribution in [3.8, 4) is 0 Å². The van der Waals surface area contributed by atoms with E-state index in [1.54, 1.807) is 19.5 Å². The van der Waals surface area contributed by atoms with Crippen LogP contribution in [0.25, 0.3) is 16.3 Å². The number of nitrogens with one attached hydrogen (secondary N) is 1. The number of nitrogens with zero attached hydrogens (tertiary/aromatic N) is 2. The lowest BCUT2D eigenvalue weighted by atomic mass is 10.0. The highest BCUT2D eigenvalue weighted by Gasteiger charge is 2.08. The van der Waals surface area contributed by atoms with Crippen molar-refractivity contribution in [3.63, 3.8) is 0 Å². The van der Waals surface area contributed by atoms with E-state index in [0.29, 0.717) is 5.82 Å². The number of fused-ring (bicyclic) bond motifs is 1. The largest absolute Gasteiger partial charge is 0.404 e. The number of carbonyl (C=O) groups is 1. The summed E-state index contributed by atoms with van der Waals surface area (Å²) < 4.78 is 0. The van der Waals surface area contributed by atoms with Gasteiger partial charge in [-0.3, -0.25) is 9.79 Å². The average Bonchev–Trinajstić information content (AvgIpc) is 2.56. The number of amides is 1. The molecule has 2 rings (SSSR count). The van der Waals surface area contributed by atoms with Crippen LogP contribution in [-0.4, -0.2) is 24.2 Å². The number of hydrogen-bond donors (Lipinski definition) is 2. The van der Waals surface area contributed by atoms with Crippen molar-refractivity contribution in [1.29, 1.82) is 0 Å². The Labute approximate surface area is 138 Å². The maximum atomic E-state index is 11.2. The maximum absolute atomic E-state index is 11.2. The Bertz CT molecular complexity index is 754. The van der Waals surface area contributed by atoms with Crippen LogP contribution in [0.2, 0.25) is 0 Å². The van der Waals surface area contributed by atoms with E-state index in [2.05, 4.69) is 15.3 Å². The van der Waals surface area contributed by atoms with Crippen molar-refractivity contribution < 1.29 is 6.22 Å². The minimum Gasteiger partial charge on any atom is -0.404 e. The van der Waals surface area contributed by atoms with Gasteiger partial charge in [0.2, 0.25) is 5.91 Å². The van der Waals surface area contributed by atoms with Gasteiger partial charge in [-0.2, -0.15) is 0 Å². The van der Waals surface area contributed by atoms with Crippen LogP contribution in [0.3, 0.4) is 0 Å². The van der Waals surface area contributed by atoms with Crippen LogP contribution in [0.4, 0.5) is 5.82 Å². The number of aliphatic imine (C=N–C) groups is 1. The van der Waals surface area contributed by atoms with Crippen molar-refractivity contribution in [1.82, 2.24) is 4.98 Å². The first-order valence-electron chi connectivity index (χ1n) is 7.58. The number of nitrogens with two attached hydrogens (primary N) is 1. The zero-order valence-corrected chi connectivity index (χ0v) is 14.3. The van der Waals surface area contributed by atoms with E-state index in [4.69, 9.17) is 5.73 Å². The number of hydrogen-bond acceptors (Lipinski definition) is 4. The second-order valence-electron chi connectivity index (χ2n) is 4.72. The Morgan fingerprint density at radius 1 is 1.39 bits per heavy atom. The van der Waals surface area contributed by atoms with Crippen molar-refractivity contribution in [2.75, 3.05) is 12.4 Å². The van der Waals surface area contributed by atoms with Crippen LogP contribution in [0.15, 0.2) is 35.6 Å². The van der Waals surface area contributed by atoms with Gasteiger partial charge in [0, 0.05) is 45.0 Å². The highest BCUT2D eigenvalue weighted by atomic mass is 16.1. The molecule has 0 aliphatic heterocycles. The van der Waals surface area contributed by atoms with E-state index in [1.165, 1.54) is 13.1 Å². The molecule has 1 heterocycles. The lowest BCUT2D eigenvalue weighted by molar-refractivity contribution is -0.114. The number of anilines is 1. The molecule has 0 saturated carbocycles. The molecule has 0 fully saturated rings. The number of rotatable bonds is 3. The predicted octanol–water partition coefficient (Wildman–Crippen LogP) is 3.77. The number of benzene rings is 1. The maximum Gasteiger partial charge on any atom is 0.222 e. The van der Waals surface area contributed by atoms with Crippen LogP contribution in [-0.2, 0) is 4.79 Å². The van der Waals surface area contributed by atoms with Gasteiger partial charge < -0.3 is 11.1 Å². The van der Waals surface area contributed by atoms with Crippen molar-refractivity contribution in [3.05, 3.63) is 41.7 Å². The molecule has 0 spiro atoms. The van der Waals surface area contributed by atoms with Crippen molar-refractivity contribution in [2.45, 2.75) is 27.7 Å². The Morgan fingerprint density at radius 2 is 2.09 bits per heavy atom. The molecule has 1 aromatic carbocycles. The fourth-order valence-corrected chi connectivity index (χ4v) is 2.18. The van der Waals surface area contributed by atoms with E-state index in [0.717, 1.165) is 27.5 Å². The van der Waals surface area contributed by atoms with Crippen LogP contribution in [0, 0.1) is 6.92 Å². The monoisotopic (exact) mass is 314 g/mol. The Kier molecular flexibility index (Phi) is 6.93. The molecule has 0 atom stereocenters. The van der Waals surface area contributed by atoms with Gasteiger partial charge in [-0.1, -0.05) is 26.0 Å². The minimum absolute atomic E-state index is 0. The smallest absolute Gasteiger partial charge is 0.222 e. The molecule has 0 radical (unpaired) electrons. The van der Waals surface area contributed by atoms with E-state index in [-0.39, 0.29) is 7.33 Å². The summed E-state index contributed by atoms with van der Waals surface area (Å²) in [5, 5.41) is 4.77. The molecule has 0 aliphatic carbocycles. The van der Waals surface area contributed by atoms with Gasteiger partial charge in [0.25, 0.3) is 0 Å². The third kappa shape index (κ3) is 4.39. The summed E-state index contributed by atoms with van der Waals surface area (Å²) >= 11 is 0. The first kappa shape index (κ1) is 18.4. The van der Waals surface area contributed by atoms with E-state index in [1.807, 2.05) is 39.0 Å². The van der Waals surface area contributed by atoms with Gasteiger partial charge in [0.1, 0.15) is 5.82 Å². The molecule has 124 valence electrons. The second-order valence-corrected chi connectivity index (χ2v) is 4.72. The van der Waals surface area contributed by atoms with Gasteiger partial charge in [-0.25, -0.2) is 4.98 Å². The fourth-order valence-electron chi connectivity index (χ4n) is 2.18. The van der Waals surface area contributed by atoms with E-state index >= 15 is 0 Å². The summed E-state index contributed by atoms with van der Waals surface area (Å²) in [5.74, 6) is 0.441. The first-order chi connectivity index (χ1) is 11.1. The van der Waals surface area contributed by atoms with Crippen LogP contribution >= 0.6 is 0 Å². The zero-order valence-electron chi connectivity index (χ0n) is 14.3. The molecule has 1 aromatic heterocycles. The van der Waals surface area contributed by atoms with Crippen LogP contribution in [0.1, 0.15) is 33.3 Å². The van der Waals surface area contributed by atoms with E-state index in [9.17, 15) is 4.79 Å². The van der Waals surface area contributed by atoms with Crippen molar-refractivity contribution in [2.24, 2.45) is 10.7 Å². The van der Waals surface area contributed by atoms with Gasteiger partial charge in [0.05, 0.1) is 0 Å². The fraction of sp³-hybridized carbons (Fsp3) is 0.278. The normalized spacial score (nSPS) is 11.3. The number of pyridine rings is 1. The Hall–Kier alpha value is -2.69. The molecule has 0 bridgehead atoms. The minimum atomic E-state index is -0.137.